The summed E-state index contributed by atoms with van der Waals surface area (Å²) in [7, 11) is -1.88. The fourth-order valence-corrected chi connectivity index (χ4v) is 7.02. The number of likely N-dealkylation sites (tertiary alicyclic amines) is 1. The van der Waals surface area contributed by atoms with E-state index in [0.29, 0.717) is 43.1 Å². The van der Waals surface area contributed by atoms with Gasteiger partial charge in [0.15, 0.2) is 0 Å². The molecule has 0 radical (unpaired) electrons. The molecular weight excluding hydrogens is 514 g/mol. The van der Waals surface area contributed by atoms with E-state index in [1.807, 2.05) is 56.4 Å². The first kappa shape index (κ1) is 27.3. The van der Waals surface area contributed by atoms with Crippen LogP contribution in [0.3, 0.4) is 0 Å². The first-order chi connectivity index (χ1) is 18.7. The van der Waals surface area contributed by atoms with Gasteiger partial charge in [-0.25, -0.2) is 12.7 Å². The molecular formula is C30H35N3O5S. The van der Waals surface area contributed by atoms with E-state index in [1.165, 1.54) is 0 Å². The zero-order valence-corrected chi connectivity index (χ0v) is 23.4. The summed E-state index contributed by atoms with van der Waals surface area (Å²) >= 11 is 0. The number of aryl methyl sites for hydroxylation is 2. The van der Waals surface area contributed by atoms with Crippen molar-refractivity contribution in [3.8, 4) is 5.75 Å². The van der Waals surface area contributed by atoms with Gasteiger partial charge in [-0.05, 0) is 61.2 Å². The number of amides is 1. The summed E-state index contributed by atoms with van der Waals surface area (Å²) in [4.78, 5) is 19.2. The van der Waals surface area contributed by atoms with Crippen molar-refractivity contribution >= 4 is 15.9 Å². The Morgan fingerprint density at radius 3 is 2.62 bits per heavy atom. The molecule has 2 saturated heterocycles. The lowest BCUT2D eigenvalue weighted by Gasteiger charge is -2.20. The first-order valence-electron chi connectivity index (χ1n) is 13.3. The van der Waals surface area contributed by atoms with Gasteiger partial charge in [-0.2, -0.15) is 0 Å². The number of benzene rings is 2. The van der Waals surface area contributed by atoms with E-state index in [-0.39, 0.29) is 29.8 Å². The third-order valence-electron chi connectivity index (χ3n) is 7.66. The van der Waals surface area contributed by atoms with Gasteiger partial charge in [-0.15, -0.1) is 0 Å². The Morgan fingerprint density at radius 2 is 1.85 bits per heavy atom. The van der Waals surface area contributed by atoms with Gasteiger partial charge in [-0.1, -0.05) is 35.9 Å². The Kier molecular flexibility index (Phi) is 8.02. The van der Waals surface area contributed by atoms with Crippen molar-refractivity contribution < 1.29 is 22.7 Å². The van der Waals surface area contributed by atoms with Crippen LogP contribution in [0.5, 0.6) is 5.75 Å². The molecule has 9 heteroatoms. The van der Waals surface area contributed by atoms with Crippen LogP contribution < -0.4 is 4.74 Å². The van der Waals surface area contributed by atoms with Crippen LogP contribution in [0.15, 0.2) is 67.0 Å². The zero-order chi connectivity index (χ0) is 27.6. The molecule has 2 aliphatic heterocycles. The van der Waals surface area contributed by atoms with Crippen LogP contribution in [-0.4, -0.2) is 74.0 Å². The van der Waals surface area contributed by atoms with E-state index in [2.05, 4.69) is 4.98 Å². The minimum atomic E-state index is -3.49. The minimum absolute atomic E-state index is 0.0422. The predicted molar refractivity (Wildman–Crippen MR) is 149 cm³/mol. The van der Waals surface area contributed by atoms with Gasteiger partial charge in [-0.3, -0.25) is 9.78 Å². The molecule has 39 heavy (non-hydrogen) atoms. The second kappa shape index (κ2) is 11.5. The number of hydrogen-bond acceptors (Lipinski definition) is 6. The van der Waals surface area contributed by atoms with Crippen molar-refractivity contribution in [2.75, 3.05) is 33.3 Å². The third-order valence-corrected chi connectivity index (χ3v) is 9.48. The number of ether oxygens (including phenoxy) is 2. The molecule has 3 heterocycles. The van der Waals surface area contributed by atoms with Crippen LogP contribution >= 0.6 is 0 Å². The summed E-state index contributed by atoms with van der Waals surface area (Å²) in [5.74, 6) is 0.579. The average molecular weight is 550 g/mol. The van der Waals surface area contributed by atoms with E-state index < -0.39 is 10.0 Å². The van der Waals surface area contributed by atoms with E-state index in [1.54, 1.807) is 40.7 Å². The van der Waals surface area contributed by atoms with Crippen molar-refractivity contribution in [1.29, 1.82) is 0 Å². The maximum absolute atomic E-state index is 13.3. The molecule has 5 rings (SSSR count). The zero-order valence-electron chi connectivity index (χ0n) is 22.6. The maximum Gasteiger partial charge on any atom is 0.254 e. The lowest BCUT2D eigenvalue weighted by molar-refractivity contribution is 0.0339. The number of aromatic nitrogens is 1. The Hall–Kier alpha value is -3.27. The number of pyridine rings is 1. The molecule has 3 atom stereocenters. The Morgan fingerprint density at radius 1 is 1.03 bits per heavy atom. The molecule has 8 nitrogen and oxygen atoms in total. The Labute approximate surface area is 230 Å². The van der Waals surface area contributed by atoms with Gasteiger partial charge in [0.05, 0.1) is 18.8 Å². The molecule has 0 aliphatic carbocycles. The monoisotopic (exact) mass is 549 g/mol. The number of nitrogens with zero attached hydrogens (tertiary/aromatic N) is 3. The summed E-state index contributed by atoms with van der Waals surface area (Å²) in [5, 5.41) is 0. The summed E-state index contributed by atoms with van der Waals surface area (Å²) in [5.41, 5.74) is 4.38. The van der Waals surface area contributed by atoms with Crippen LogP contribution in [0, 0.1) is 13.8 Å². The van der Waals surface area contributed by atoms with Crippen molar-refractivity contribution in [1.82, 2.24) is 14.2 Å². The molecule has 206 valence electrons. The van der Waals surface area contributed by atoms with Gasteiger partial charge in [0.2, 0.25) is 10.0 Å². The molecule has 3 aromatic rings. The number of carbonyl (C=O) groups is 1. The minimum Gasteiger partial charge on any atom is -0.486 e. The quantitative estimate of drug-likeness (QED) is 0.423. The molecule has 0 N–H and O–H groups in total. The van der Waals surface area contributed by atoms with Gasteiger partial charge in [0.1, 0.15) is 18.0 Å². The summed E-state index contributed by atoms with van der Waals surface area (Å²) in [6.45, 7) is 5.68. The van der Waals surface area contributed by atoms with Gasteiger partial charge < -0.3 is 14.4 Å². The highest BCUT2D eigenvalue weighted by Crippen LogP contribution is 2.30. The largest absolute Gasteiger partial charge is 0.486 e. The van der Waals surface area contributed by atoms with E-state index in [0.717, 1.165) is 23.1 Å². The summed E-state index contributed by atoms with van der Waals surface area (Å²) in [6, 6.07) is 16.9. The second-order valence-electron chi connectivity index (χ2n) is 10.5. The SMILES string of the molecule is COC1CN(C(=O)c2cc(C)ccc2C)CC1Oc1cccc(CS(=O)(=O)N2CCC(c3cccnc3)C2)c1. The molecule has 2 aliphatic rings. The highest BCUT2D eigenvalue weighted by Gasteiger charge is 2.38. The number of hydrogen-bond donors (Lipinski definition) is 0. The van der Waals surface area contributed by atoms with Crippen LogP contribution in [0.25, 0.3) is 0 Å². The fraction of sp³-hybridized carbons (Fsp3) is 0.400. The van der Waals surface area contributed by atoms with Crippen LogP contribution in [0.2, 0.25) is 0 Å². The van der Waals surface area contributed by atoms with Crippen molar-refractivity contribution in [3.63, 3.8) is 0 Å². The number of sulfonamides is 1. The number of methoxy groups -OCH3 is 1. The molecule has 1 aromatic heterocycles. The smallest absolute Gasteiger partial charge is 0.254 e. The van der Waals surface area contributed by atoms with Crippen molar-refractivity contribution in [2.24, 2.45) is 0 Å². The van der Waals surface area contributed by atoms with Crippen LogP contribution in [-0.2, 0) is 20.5 Å². The number of rotatable bonds is 8. The normalized spacial score (nSPS) is 21.8. The molecule has 0 saturated carbocycles. The molecule has 1 amide bonds. The van der Waals surface area contributed by atoms with E-state index in [4.69, 9.17) is 9.47 Å². The number of carbonyl (C=O) groups excluding carboxylic acids is 1. The second-order valence-corrected chi connectivity index (χ2v) is 12.5. The predicted octanol–water partition coefficient (Wildman–Crippen LogP) is 3.94. The van der Waals surface area contributed by atoms with Crippen molar-refractivity contribution in [2.45, 2.75) is 44.1 Å². The van der Waals surface area contributed by atoms with Crippen LogP contribution in [0.1, 0.15) is 45.0 Å². The van der Waals surface area contributed by atoms with Gasteiger partial charge in [0, 0.05) is 44.1 Å². The Balaban J connectivity index is 1.24. The molecule has 2 aromatic carbocycles. The standard InChI is InChI=1S/C30H35N3O5S/c1-21-9-10-22(2)27(14-21)30(34)32-18-28(37-3)29(19-32)38-26-8-4-6-23(15-26)20-39(35,36)33-13-11-25(17-33)24-7-5-12-31-16-24/h4-10,12,14-16,25,28-29H,11,13,17-20H2,1-3H3. The average Bonchev–Trinajstić information content (AvgIpc) is 3.58. The topological polar surface area (TPSA) is 89.0 Å². The third kappa shape index (κ3) is 6.16. The fourth-order valence-electron chi connectivity index (χ4n) is 5.44. The molecule has 0 spiro atoms. The first-order valence-corrected chi connectivity index (χ1v) is 14.9. The van der Waals surface area contributed by atoms with E-state index in [9.17, 15) is 13.2 Å². The Bertz CT molecular complexity index is 1430. The molecule has 2 fully saturated rings. The van der Waals surface area contributed by atoms with Crippen LogP contribution in [0.4, 0.5) is 0 Å². The summed E-state index contributed by atoms with van der Waals surface area (Å²) in [6.07, 6.45) is 3.67. The van der Waals surface area contributed by atoms with Crippen molar-refractivity contribution in [3.05, 3.63) is 94.8 Å². The highest BCUT2D eigenvalue weighted by atomic mass is 32.2. The maximum atomic E-state index is 13.3. The lowest BCUT2D eigenvalue weighted by atomic mass is 10.0. The molecule has 3 unspecified atom stereocenters. The molecule has 0 bridgehead atoms. The highest BCUT2D eigenvalue weighted by molar-refractivity contribution is 7.88. The van der Waals surface area contributed by atoms with E-state index >= 15 is 0 Å². The van der Waals surface area contributed by atoms with Gasteiger partial charge in [0.25, 0.3) is 5.91 Å². The lowest BCUT2D eigenvalue weighted by Crippen LogP contribution is -2.32. The van der Waals surface area contributed by atoms with Gasteiger partial charge >= 0.3 is 0 Å². The summed E-state index contributed by atoms with van der Waals surface area (Å²) < 4.78 is 40.0.